The number of nitrogens with zero attached hydrogens (tertiary/aromatic N) is 1. The molecular formula is C32H45NO3. The molecule has 4 heteroatoms. The highest BCUT2D eigenvalue weighted by atomic mass is 16.5. The summed E-state index contributed by atoms with van der Waals surface area (Å²) in [5.74, 6) is -0.928. The molecule has 1 heterocycles. The van der Waals surface area contributed by atoms with Crippen LogP contribution in [0.4, 0.5) is 0 Å². The fourth-order valence-electron chi connectivity index (χ4n) is 6.53. The summed E-state index contributed by atoms with van der Waals surface area (Å²) in [6.07, 6.45) is 5.10. The Hall–Kier alpha value is -2.17. The number of aliphatic carboxylic acids is 1. The van der Waals surface area contributed by atoms with Crippen molar-refractivity contribution in [1.29, 1.82) is 0 Å². The van der Waals surface area contributed by atoms with Crippen LogP contribution in [0.1, 0.15) is 99.8 Å². The molecule has 1 aliphatic heterocycles. The van der Waals surface area contributed by atoms with Gasteiger partial charge in [-0.1, -0.05) is 50.1 Å². The standard InChI is InChI=1S/C32H45NO3/c1-20-11-13-23(14-12-20)27-22(3)26-19-33(24-10-9-16-32(7,8)18-24)17-15-25(26)21(2)28(27)29(30(34)35)36-31(4,5)6/h11-14,24,29H,9-10,15-19H2,1-8H3,(H,34,35). The smallest absolute Gasteiger partial charge is 0.337 e. The van der Waals surface area contributed by atoms with Crippen LogP contribution in [0.2, 0.25) is 0 Å². The fraction of sp³-hybridized carbons (Fsp3) is 0.594. The summed E-state index contributed by atoms with van der Waals surface area (Å²) in [5, 5.41) is 10.4. The lowest BCUT2D eigenvalue weighted by atomic mass is 9.74. The Balaban J connectivity index is 1.86. The molecule has 1 fully saturated rings. The van der Waals surface area contributed by atoms with E-state index in [4.69, 9.17) is 4.74 Å². The summed E-state index contributed by atoms with van der Waals surface area (Å²) >= 11 is 0. The fourth-order valence-corrected chi connectivity index (χ4v) is 6.53. The zero-order valence-electron chi connectivity index (χ0n) is 23.6. The molecule has 4 nitrogen and oxygen atoms in total. The van der Waals surface area contributed by atoms with E-state index >= 15 is 0 Å². The van der Waals surface area contributed by atoms with Crippen molar-refractivity contribution in [2.45, 2.75) is 112 Å². The van der Waals surface area contributed by atoms with Crippen LogP contribution in [-0.4, -0.2) is 34.2 Å². The lowest BCUT2D eigenvalue weighted by Gasteiger charge is -2.44. The molecule has 1 N–H and O–H groups in total. The Bertz CT molecular complexity index is 1120. The molecule has 0 radical (unpaired) electrons. The Morgan fingerprint density at radius 2 is 1.75 bits per heavy atom. The van der Waals surface area contributed by atoms with Crippen molar-refractivity contribution >= 4 is 5.97 Å². The Morgan fingerprint density at radius 1 is 1.08 bits per heavy atom. The maximum atomic E-state index is 12.6. The lowest BCUT2D eigenvalue weighted by molar-refractivity contribution is -0.160. The van der Waals surface area contributed by atoms with Crippen molar-refractivity contribution in [2.24, 2.45) is 5.41 Å². The minimum absolute atomic E-state index is 0.407. The molecule has 36 heavy (non-hydrogen) atoms. The first-order chi connectivity index (χ1) is 16.8. The van der Waals surface area contributed by atoms with Gasteiger partial charge in [0, 0.05) is 24.7 Å². The van der Waals surface area contributed by atoms with Gasteiger partial charge in [0.25, 0.3) is 0 Å². The van der Waals surface area contributed by atoms with Crippen LogP contribution in [0.15, 0.2) is 24.3 Å². The van der Waals surface area contributed by atoms with Gasteiger partial charge in [0.1, 0.15) is 0 Å². The Kier molecular flexibility index (Phi) is 7.43. The van der Waals surface area contributed by atoms with Crippen molar-refractivity contribution in [3.05, 3.63) is 57.6 Å². The lowest BCUT2D eigenvalue weighted by Crippen LogP contribution is -2.44. The van der Waals surface area contributed by atoms with Crippen molar-refractivity contribution in [2.75, 3.05) is 6.54 Å². The van der Waals surface area contributed by atoms with Crippen molar-refractivity contribution in [3.8, 4) is 11.1 Å². The highest BCUT2D eigenvalue weighted by molar-refractivity contribution is 5.84. The van der Waals surface area contributed by atoms with Crippen LogP contribution in [-0.2, 0) is 22.5 Å². The summed E-state index contributed by atoms with van der Waals surface area (Å²) in [7, 11) is 0. The number of hydrogen-bond acceptors (Lipinski definition) is 3. The first-order valence-electron chi connectivity index (χ1n) is 13.6. The number of carboxylic acids is 1. The van der Waals surface area contributed by atoms with Crippen LogP contribution >= 0.6 is 0 Å². The molecule has 0 bridgehead atoms. The molecule has 196 valence electrons. The maximum absolute atomic E-state index is 12.6. The molecule has 1 aliphatic carbocycles. The zero-order chi connectivity index (χ0) is 26.4. The Labute approximate surface area is 218 Å². The van der Waals surface area contributed by atoms with E-state index in [9.17, 15) is 9.90 Å². The minimum Gasteiger partial charge on any atom is -0.479 e. The van der Waals surface area contributed by atoms with E-state index in [1.165, 1.54) is 47.9 Å². The van der Waals surface area contributed by atoms with E-state index in [0.717, 1.165) is 41.8 Å². The summed E-state index contributed by atoms with van der Waals surface area (Å²) in [6.45, 7) is 19.0. The quantitative estimate of drug-likeness (QED) is 0.469. The van der Waals surface area contributed by atoms with Crippen molar-refractivity contribution in [3.63, 3.8) is 0 Å². The van der Waals surface area contributed by atoms with Gasteiger partial charge in [0.2, 0.25) is 0 Å². The van der Waals surface area contributed by atoms with Crippen LogP contribution in [0.3, 0.4) is 0 Å². The third kappa shape index (κ3) is 5.55. The number of ether oxygens (including phenoxy) is 1. The van der Waals surface area contributed by atoms with Gasteiger partial charge in [0.05, 0.1) is 5.60 Å². The average molecular weight is 492 g/mol. The van der Waals surface area contributed by atoms with Crippen molar-refractivity contribution < 1.29 is 14.6 Å². The van der Waals surface area contributed by atoms with Gasteiger partial charge in [-0.2, -0.15) is 0 Å². The Morgan fingerprint density at radius 3 is 2.33 bits per heavy atom. The number of carboxylic acid groups (broad SMARTS) is 1. The van der Waals surface area contributed by atoms with Crippen LogP contribution < -0.4 is 0 Å². The molecule has 2 aliphatic rings. The van der Waals surface area contributed by atoms with Gasteiger partial charge < -0.3 is 9.84 Å². The van der Waals surface area contributed by atoms with E-state index in [1.807, 2.05) is 20.8 Å². The molecule has 2 unspecified atom stereocenters. The second kappa shape index (κ2) is 9.95. The average Bonchev–Trinajstić information content (AvgIpc) is 2.79. The summed E-state index contributed by atoms with van der Waals surface area (Å²) in [6, 6.07) is 9.12. The van der Waals surface area contributed by atoms with E-state index in [2.05, 4.69) is 63.8 Å². The topological polar surface area (TPSA) is 49.8 Å². The number of aryl methyl sites for hydroxylation is 1. The predicted molar refractivity (Wildman–Crippen MR) is 147 cm³/mol. The molecule has 0 amide bonds. The monoisotopic (exact) mass is 491 g/mol. The molecule has 2 atom stereocenters. The van der Waals surface area contributed by atoms with Crippen LogP contribution in [0.5, 0.6) is 0 Å². The first kappa shape index (κ1) is 26.9. The van der Waals surface area contributed by atoms with E-state index < -0.39 is 17.7 Å². The highest BCUT2D eigenvalue weighted by Crippen LogP contribution is 2.44. The largest absolute Gasteiger partial charge is 0.479 e. The SMILES string of the molecule is Cc1ccc(-c2c(C)c3c(c(C)c2C(OC(C)(C)C)C(=O)O)CCN(C2CCCC(C)(C)C2)C3)cc1. The normalized spacial score (nSPS) is 21.2. The number of rotatable bonds is 5. The molecule has 2 aromatic carbocycles. The maximum Gasteiger partial charge on any atom is 0.337 e. The summed E-state index contributed by atoms with van der Waals surface area (Å²) in [5.41, 5.74) is 8.97. The van der Waals surface area contributed by atoms with Crippen LogP contribution in [0, 0.1) is 26.2 Å². The summed E-state index contributed by atoms with van der Waals surface area (Å²) < 4.78 is 6.23. The number of carbonyl (C=O) groups is 1. The molecule has 0 spiro atoms. The first-order valence-corrected chi connectivity index (χ1v) is 13.6. The number of hydrogen-bond donors (Lipinski definition) is 1. The third-order valence-electron chi connectivity index (χ3n) is 8.32. The molecule has 1 saturated carbocycles. The minimum atomic E-state index is -1.01. The van der Waals surface area contributed by atoms with E-state index in [1.54, 1.807) is 0 Å². The van der Waals surface area contributed by atoms with E-state index in [-0.39, 0.29) is 0 Å². The van der Waals surface area contributed by atoms with Gasteiger partial charge in [0.15, 0.2) is 6.10 Å². The molecule has 4 rings (SSSR count). The number of fused-ring (bicyclic) bond motifs is 1. The van der Waals surface area contributed by atoms with E-state index in [0.29, 0.717) is 11.5 Å². The van der Waals surface area contributed by atoms with Gasteiger partial charge in [-0.05, 0) is 106 Å². The predicted octanol–water partition coefficient (Wildman–Crippen LogP) is 7.55. The molecular weight excluding hydrogens is 446 g/mol. The highest BCUT2D eigenvalue weighted by Gasteiger charge is 2.37. The van der Waals surface area contributed by atoms with Gasteiger partial charge in [-0.3, -0.25) is 4.90 Å². The third-order valence-corrected chi connectivity index (χ3v) is 8.32. The van der Waals surface area contributed by atoms with Gasteiger partial charge in [-0.15, -0.1) is 0 Å². The number of benzene rings is 2. The summed E-state index contributed by atoms with van der Waals surface area (Å²) in [4.78, 5) is 15.3. The molecule has 0 saturated heterocycles. The molecule has 2 aromatic rings. The van der Waals surface area contributed by atoms with Crippen molar-refractivity contribution in [1.82, 2.24) is 4.90 Å². The second-order valence-electron chi connectivity index (χ2n) is 12.9. The zero-order valence-corrected chi connectivity index (χ0v) is 23.6. The van der Waals surface area contributed by atoms with Gasteiger partial charge >= 0.3 is 5.97 Å². The molecule has 0 aromatic heterocycles. The van der Waals surface area contributed by atoms with Crippen LogP contribution in [0.25, 0.3) is 11.1 Å². The second-order valence-corrected chi connectivity index (χ2v) is 12.9. The van der Waals surface area contributed by atoms with Gasteiger partial charge in [-0.25, -0.2) is 4.79 Å².